The van der Waals surface area contributed by atoms with E-state index >= 15 is 0 Å². The number of amides is 1. The van der Waals surface area contributed by atoms with Crippen LogP contribution in [0, 0.1) is 0 Å². The van der Waals surface area contributed by atoms with E-state index in [0.29, 0.717) is 28.0 Å². The highest BCUT2D eigenvalue weighted by atomic mass is 35.5. The Hall–Kier alpha value is -2.80. The number of hydrogen-bond donors (Lipinski definition) is 3. The number of nitrogens with one attached hydrogen (secondary N) is 2. The van der Waals surface area contributed by atoms with E-state index in [9.17, 15) is 4.79 Å². The Labute approximate surface area is 164 Å². The summed E-state index contributed by atoms with van der Waals surface area (Å²) in [5.41, 5.74) is 5.90. The summed E-state index contributed by atoms with van der Waals surface area (Å²) < 4.78 is 1.58. The van der Waals surface area contributed by atoms with E-state index in [1.54, 1.807) is 28.9 Å². The molecule has 136 valence electrons. The number of H-pyrrole nitrogens is 1. The first-order valence-electron chi connectivity index (χ1n) is 8.15. The van der Waals surface area contributed by atoms with E-state index in [1.807, 2.05) is 30.5 Å². The van der Waals surface area contributed by atoms with Gasteiger partial charge in [0.15, 0.2) is 0 Å². The summed E-state index contributed by atoms with van der Waals surface area (Å²) in [4.78, 5) is 15.5. The average Bonchev–Trinajstić information content (AvgIpc) is 3.24. The highest BCUT2D eigenvalue weighted by molar-refractivity contribution is 6.34. The molecule has 0 radical (unpaired) electrons. The summed E-state index contributed by atoms with van der Waals surface area (Å²) in [5.74, 6) is 4.92. The van der Waals surface area contributed by atoms with Crippen LogP contribution >= 0.6 is 23.2 Å². The van der Waals surface area contributed by atoms with Crippen LogP contribution in [0.2, 0.25) is 10.0 Å². The van der Waals surface area contributed by atoms with Crippen LogP contribution in [-0.2, 0) is 6.54 Å². The van der Waals surface area contributed by atoms with E-state index < -0.39 is 5.91 Å². The molecule has 27 heavy (non-hydrogen) atoms. The van der Waals surface area contributed by atoms with E-state index in [1.165, 1.54) is 0 Å². The highest BCUT2D eigenvalue weighted by Gasteiger charge is 2.18. The Bertz CT molecular complexity index is 1130. The SMILES string of the molecule is NNC(=O)c1cc(-c2c[nH]c3ccccc23)nn1Cc1cc(Cl)cc(Cl)c1. The van der Waals surface area contributed by atoms with Gasteiger partial charge in [-0.1, -0.05) is 41.4 Å². The van der Waals surface area contributed by atoms with Crippen molar-refractivity contribution >= 4 is 40.0 Å². The lowest BCUT2D eigenvalue weighted by atomic mass is 10.1. The third-order valence-electron chi connectivity index (χ3n) is 4.26. The molecule has 2 heterocycles. The van der Waals surface area contributed by atoms with E-state index in [0.717, 1.165) is 22.0 Å². The van der Waals surface area contributed by atoms with Gasteiger partial charge in [0.25, 0.3) is 5.91 Å². The Kier molecular flexibility index (Phi) is 4.61. The lowest BCUT2D eigenvalue weighted by Gasteiger charge is -2.07. The number of carbonyl (C=O) groups is 1. The average molecular weight is 400 g/mol. The first-order valence-corrected chi connectivity index (χ1v) is 8.91. The second kappa shape index (κ2) is 7.08. The summed E-state index contributed by atoms with van der Waals surface area (Å²) in [6.07, 6.45) is 1.87. The molecule has 0 aliphatic rings. The van der Waals surface area contributed by atoms with E-state index in [-0.39, 0.29) is 0 Å². The van der Waals surface area contributed by atoms with Crippen molar-refractivity contribution in [3.63, 3.8) is 0 Å². The summed E-state index contributed by atoms with van der Waals surface area (Å²) in [6.45, 7) is 0.325. The van der Waals surface area contributed by atoms with Gasteiger partial charge in [-0.15, -0.1) is 0 Å². The van der Waals surface area contributed by atoms with Crippen LogP contribution in [0.4, 0.5) is 0 Å². The van der Waals surface area contributed by atoms with Crippen molar-refractivity contribution in [2.24, 2.45) is 5.84 Å². The lowest BCUT2D eigenvalue weighted by molar-refractivity contribution is 0.0943. The second-order valence-corrected chi connectivity index (χ2v) is 6.94. The minimum atomic E-state index is -0.429. The molecule has 0 saturated heterocycles. The van der Waals surface area contributed by atoms with Crippen molar-refractivity contribution in [3.8, 4) is 11.3 Å². The van der Waals surface area contributed by atoms with Gasteiger partial charge >= 0.3 is 0 Å². The van der Waals surface area contributed by atoms with Crippen molar-refractivity contribution in [3.05, 3.63) is 76.0 Å². The molecule has 4 rings (SSSR count). The van der Waals surface area contributed by atoms with Crippen LogP contribution in [0.25, 0.3) is 22.2 Å². The zero-order chi connectivity index (χ0) is 19.0. The summed E-state index contributed by atoms with van der Waals surface area (Å²) in [6, 6.07) is 14.8. The van der Waals surface area contributed by atoms with Gasteiger partial charge in [0.05, 0.1) is 12.2 Å². The molecular weight excluding hydrogens is 385 g/mol. The highest BCUT2D eigenvalue weighted by Crippen LogP contribution is 2.28. The molecule has 1 amide bonds. The van der Waals surface area contributed by atoms with Gasteiger partial charge in [-0.05, 0) is 35.9 Å². The number of rotatable bonds is 4. The van der Waals surface area contributed by atoms with Gasteiger partial charge in [-0.3, -0.25) is 14.9 Å². The van der Waals surface area contributed by atoms with Gasteiger partial charge < -0.3 is 4.98 Å². The smallest absolute Gasteiger partial charge is 0.283 e. The van der Waals surface area contributed by atoms with Crippen molar-refractivity contribution in [2.45, 2.75) is 6.54 Å². The first-order chi connectivity index (χ1) is 13.0. The van der Waals surface area contributed by atoms with Gasteiger partial charge in [-0.25, -0.2) is 5.84 Å². The maximum atomic E-state index is 12.2. The number of hydrazine groups is 1. The minimum Gasteiger partial charge on any atom is -0.360 e. The molecule has 0 aliphatic carbocycles. The fourth-order valence-corrected chi connectivity index (χ4v) is 3.66. The van der Waals surface area contributed by atoms with Gasteiger partial charge in [0, 0.05) is 32.7 Å². The largest absolute Gasteiger partial charge is 0.360 e. The monoisotopic (exact) mass is 399 g/mol. The predicted octanol–water partition coefficient (Wildman–Crippen LogP) is 3.99. The number of hydrogen-bond acceptors (Lipinski definition) is 3. The maximum absolute atomic E-state index is 12.2. The molecule has 2 aromatic carbocycles. The van der Waals surface area contributed by atoms with Crippen LogP contribution < -0.4 is 11.3 Å². The third kappa shape index (κ3) is 3.42. The van der Waals surface area contributed by atoms with Crippen molar-refractivity contribution < 1.29 is 4.79 Å². The standard InChI is InChI=1S/C19H15Cl2N5O/c20-12-5-11(6-13(21)7-12)10-26-18(19(27)24-22)8-17(25-26)15-9-23-16-4-2-1-3-14(15)16/h1-9,23H,10,22H2,(H,24,27). The molecule has 2 aromatic heterocycles. The molecule has 0 bridgehead atoms. The number of para-hydroxylation sites is 1. The molecule has 0 atom stereocenters. The number of fused-ring (bicyclic) bond motifs is 1. The number of nitrogen functional groups attached to an aromatic ring is 1. The number of nitrogens with two attached hydrogens (primary N) is 1. The van der Waals surface area contributed by atoms with Crippen molar-refractivity contribution in [1.29, 1.82) is 0 Å². The molecule has 0 unspecified atom stereocenters. The zero-order valence-electron chi connectivity index (χ0n) is 14.0. The second-order valence-electron chi connectivity index (χ2n) is 6.07. The zero-order valence-corrected chi connectivity index (χ0v) is 15.6. The topological polar surface area (TPSA) is 88.7 Å². The number of carbonyl (C=O) groups excluding carboxylic acids is 1. The fraction of sp³-hybridized carbons (Fsp3) is 0.0526. The molecular formula is C19H15Cl2N5O. The third-order valence-corrected chi connectivity index (χ3v) is 4.70. The number of nitrogens with zero attached hydrogens (tertiary/aromatic N) is 2. The molecule has 4 aromatic rings. The lowest BCUT2D eigenvalue weighted by Crippen LogP contribution is -2.32. The Morgan fingerprint density at radius 3 is 2.63 bits per heavy atom. The normalized spacial score (nSPS) is 11.1. The number of aromatic nitrogens is 3. The van der Waals surface area contributed by atoms with E-state index in [4.69, 9.17) is 29.0 Å². The molecule has 6 nitrogen and oxygen atoms in total. The van der Waals surface area contributed by atoms with Crippen molar-refractivity contribution in [1.82, 2.24) is 20.2 Å². The van der Waals surface area contributed by atoms with Crippen LogP contribution in [0.5, 0.6) is 0 Å². The molecule has 0 aliphatic heterocycles. The Morgan fingerprint density at radius 1 is 1.15 bits per heavy atom. The molecule has 0 fully saturated rings. The fourth-order valence-electron chi connectivity index (χ4n) is 3.08. The number of halogens is 2. The maximum Gasteiger partial charge on any atom is 0.283 e. The van der Waals surface area contributed by atoms with Crippen LogP contribution in [0.3, 0.4) is 0 Å². The summed E-state index contributed by atoms with van der Waals surface area (Å²) in [7, 11) is 0. The van der Waals surface area contributed by atoms with Crippen LogP contribution in [0.15, 0.2) is 54.7 Å². The van der Waals surface area contributed by atoms with Crippen LogP contribution in [-0.4, -0.2) is 20.7 Å². The molecule has 0 saturated carbocycles. The summed E-state index contributed by atoms with van der Waals surface area (Å²) >= 11 is 12.2. The van der Waals surface area contributed by atoms with Crippen molar-refractivity contribution in [2.75, 3.05) is 0 Å². The number of aromatic amines is 1. The molecule has 8 heteroatoms. The first kappa shape index (κ1) is 17.6. The number of benzene rings is 2. The Balaban J connectivity index is 1.80. The molecule has 4 N–H and O–H groups in total. The predicted molar refractivity (Wildman–Crippen MR) is 107 cm³/mol. The minimum absolute atomic E-state index is 0.325. The van der Waals surface area contributed by atoms with Gasteiger partial charge in [-0.2, -0.15) is 5.10 Å². The Morgan fingerprint density at radius 2 is 1.89 bits per heavy atom. The van der Waals surface area contributed by atoms with Gasteiger partial charge in [0.1, 0.15) is 5.69 Å². The van der Waals surface area contributed by atoms with Gasteiger partial charge in [0.2, 0.25) is 0 Å². The molecule has 0 spiro atoms. The van der Waals surface area contributed by atoms with Crippen LogP contribution in [0.1, 0.15) is 16.1 Å². The van der Waals surface area contributed by atoms with E-state index in [2.05, 4.69) is 15.5 Å². The summed E-state index contributed by atoms with van der Waals surface area (Å²) in [5, 5.41) is 6.68. The quantitative estimate of drug-likeness (QED) is 0.275.